The summed E-state index contributed by atoms with van der Waals surface area (Å²) in [7, 11) is 1.37. The van der Waals surface area contributed by atoms with Crippen molar-refractivity contribution >= 4 is 28.8 Å². The van der Waals surface area contributed by atoms with Crippen molar-refractivity contribution in [3.05, 3.63) is 35.1 Å². The lowest BCUT2D eigenvalue weighted by molar-refractivity contribution is -0.153. The first kappa shape index (κ1) is 19.9. The molecule has 0 saturated carbocycles. The number of piperidine rings is 1. The summed E-state index contributed by atoms with van der Waals surface area (Å²) in [6.45, 7) is 4.63. The number of hydrogen-bond acceptors (Lipinski definition) is 6. The van der Waals surface area contributed by atoms with Crippen molar-refractivity contribution < 1.29 is 28.3 Å². The molecular weight excluding hydrogens is 362 g/mol. The van der Waals surface area contributed by atoms with Crippen LogP contribution >= 0.6 is 0 Å². The van der Waals surface area contributed by atoms with Crippen LogP contribution in [-0.2, 0) is 30.3 Å². The Balaban J connectivity index is 1.50. The number of ether oxygens (including phenoxy) is 2. The van der Waals surface area contributed by atoms with E-state index in [9.17, 15) is 14.4 Å². The van der Waals surface area contributed by atoms with E-state index in [1.165, 1.54) is 7.11 Å². The standard InChI is InChI=1S/C21H25NO6/c1-13-8-17-16(11-27-18(17)9-14(13)2)10-20(24)28-12-19(23)22-6-4-15(5-7-22)21(25)26-3/h8-9,11,15H,4-7,10,12H2,1-3H3. The Morgan fingerprint density at radius 3 is 2.50 bits per heavy atom. The Labute approximate surface area is 163 Å². The maximum atomic E-state index is 12.3. The second-order valence-electron chi connectivity index (χ2n) is 7.21. The van der Waals surface area contributed by atoms with E-state index in [4.69, 9.17) is 13.9 Å². The predicted octanol–water partition coefficient (Wildman–Crippen LogP) is 2.55. The smallest absolute Gasteiger partial charge is 0.310 e. The second-order valence-corrected chi connectivity index (χ2v) is 7.21. The van der Waals surface area contributed by atoms with Gasteiger partial charge in [-0.05, 0) is 49.9 Å². The second kappa shape index (κ2) is 8.46. The number of carbonyl (C=O) groups excluding carboxylic acids is 3. The molecule has 1 aromatic carbocycles. The van der Waals surface area contributed by atoms with Crippen LogP contribution in [0.1, 0.15) is 29.5 Å². The van der Waals surface area contributed by atoms with E-state index >= 15 is 0 Å². The van der Waals surface area contributed by atoms with Crippen LogP contribution in [0.5, 0.6) is 0 Å². The van der Waals surface area contributed by atoms with E-state index in [0.717, 1.165) is 27.7 Å². The zero-order valence-corrected chi connectivity index (χ0v) is 16.4. The van der Waals surface area contributed by atoms with Gasteiger partial charge in [-0.2, -0.15) is 0 Å². The van der Waals surface area contributed by atoms with Gasteiger partial charge in [0.15, 0.2) is 6.61 Å². The molecule has 1 fully saturated rings. The number of esters is 2. The minimum Gasteiger partial charge on any atom is -0.469 e. The van der Waals surface area contributed by atoms with Gasteiger partial charge in [-0.25, -0.2) is 0 Å². The van der Waals surface area contributed by atoms with Crippen LogP contribution in [0.4, 0.5) is 0 Å². The maximum Gasteiger partial charge on any atom is 0.310 e. The van der Waals surface area contributed by atoms with Crippen molar-refractivity contribution in [2.75, 3.05) is 26.8 Å². The molecule has 0 atom stereocenters. The largest absolute Gasteiger partial charge is 0.469 e. The van der Waals surface area contributed by atoms with Crippen LogP contribution < -0.4 is 0 Å². The summed E-state index contributed by atoms with van der Waals surface area (Å²) >= 11 is 0. The van der Waals surface area contributed by atoms with Crippen LogP contribution in [-0.4, -0.2) is 49.6 Å². The number of nitrogens with zero attached hydrogens (tertiary/aromatic N) is 1. The number of aryl methyl sites for hydroxylation is 2. The number of amides is 1. The molecule has 2 aromatic rings. The topological polar surface area (TPSA) is 86.0 Å². The molecular formula is C21H25NO6. The fourth-order valence-electron chi connectivity index (χ4n) is 3.44. The zero-order valence-electron chi connectivity index (χ0n) is 16.4. The zero-order chi connectivity index (χ0) is 20.3. The van der Waals surface area contributed by atoms with Gasteiger partial charge >= 0.3 is 11.9 Å². The Morgan fingerprint density at radius 1 is 1.14 bits per heavy atom. The molecule has 2 heterocycles. The number of carbonyl (C=O) groups is 3. The Kier molecular flexibility index (Phi) is 6.02. The molecule has 0 spiro atoms. The molecule has 1 amide bonds. The molecule has 1 saturated heterocycles. The van der Waals surface area contributed by atoms with Gasteiger partial charge in [0, 0.05) is 24.0 Å². The van der Waals surface area contributed by atoms with Crippen molar-refractivity contribution in [3.63, 3.8) is 0 Å². The molecule has 0 aliphatic carbocycles. The summed E-state index contributed by atoms with van der Waals surface area (Å²) in [5.74, 6) is -1.13. The fraction of sp³-hybridized carbons (Fsp3) is 0.476. The van der Waals surface area contributed by atoms with Crippen LogP contribution in [0.2, 0.25) is 0 Å². The number of benzene rings is 1. The van der Waals surface area contributed by atoms with E-state index in [1.807, 2.05) is 26.0 Å². The third-order valence-corrected chi connectivity index (χ3v) is 5.34. The monoisotopic (exact) mass is 387 g/mol. The quantitative estimate of drug-likeness (QED) is 0.733. The highest BCUT2D eigenvalue weighted by Gasteiger charge is 2.28. The Hall–Kier alpha value is -2.83. The van der Waals surface area contributed by atoms with Gasteiger partial charge in [-0.3, -0.25) is 14.4 Å². The summed E-state index contributed by atoms with van der Waals surface area (Å²) in [6, 6.07) is 3.94. The van der Waals surface area contributed by atoms with Crippen LogP contribution in [0.15, 0.2) is 22.8 Å². The average Bonchev–Trinajstić information content (AvgIpc) is 3.07. The molecule has 28 heavy (non-hydrogen) atoms. The molecule has 0 radical (unpaired) electrons. The lowest BCUT2D eigenvalue weighted by Crippen LogP contribution is -2.42. The molecule has 0 N–H and O–H groups in total. The van der Waals surface area contributed by atoms with Crippen LogP contribution in [0, 0.1) is 19.8 Å². The van der Waals surface area contributed by atoms with E-state index < -0.39 is 5.97 Å². The number of rotatable bonds is 5. The summed E-state index contributed by atoms with van der Waals surface area (Å²) in [6.07, 6.45) is 2.73. The highest BCUT2D eigenvalue weighted by molar-refractivity contribution is 5.88. The van der Waals surface area contributed by atoms with E-state index in [-0.39, 0.29) is 30.8 Å². The van der Waals surface area contributed by atoms with Crippen molar-refractivity contribution in [3.8, 4) is 0 Å². The van der Waals surface area contributed by atoms with E-state index in [1.54, 1.807) is 11.2 Å². The molecule has 0 bridgehead atoms. The summed E-state index contributed by atoms with van der Waals surface area (Å²) in [4.78, 5) is 37.6. The molecule has 7 nitrogen and oxygen atoms in total. The van der Waals surface area contributed by atoms with Crippen LogP contribution in [0.3, 0.4) is 0 Å². The van der Waals surface area contributed by atoms with Crippen molar-refractivity contribution in [1.29, 1.82) is 0 Å². The van der Waals surface area contributed by atoms with Gasteiger partial charge in [0.2, 0.25) is 0 Å². The lowest BCUT2D eigenvalue weighted by Gasteiger charge is -2.30. The number of hydrogen-bond donors (Lipinski definition) is 0. The summed E-state index contributed by atoms with van der Waals surface area (Å²) < 4.78 is 15.4. The predicted molar refractivity (Wildman–Crippen MR) is 102 cm³/mol. The molecule has 1 aromatic heterocycles. The van der Waals surface area contributed by atoms with Crippen molar-refractivity contribution in [2.24, 2.45) is 5.92 Å². The first-order chi connectivity index (χ1) is 13.4. The molecule has 0 unspecified atom stereocenters. The average molecular weight is 387 g/mol. The highest BCUT2D eigenvalue weighted by Crippen LogP contribution is 2.25. The van der Waals surface area contributed by atoms with Gasteiger partial charge < -0.3 is 18.8 Å². The Bertz CT molecular complexity index is 892. The third kappa shape index (κ3) is 4.35. The summed E-state index contributed by atoms with van der Waals surface area (Å²) in [5.41, 5.74) is 3.72. The van der Waals surface area contributed by atoms with Gasteiger partial charge in [0.05, 0.1) is 25.7 Å². The highest BCUT2D eigenvalue weighted by atomic mass is 16.5. The van der Waals surface area contributed by atoms with Crippen molar-refractivity contribution in [1.82, 2.24) is 4.90 Å². The lowest BCUT2D eigenvalue weighted by atomic mass is 9.97. The SMILES string of the molecule is COC(=O)C1CCN(C(=O)COC(=O)Cc2coc3cc(C)c(C)cc23)CC1. The van der Waals surface area contributed by atoms with Crippen LogP contribution in [0.25, 0.3) is 11.0 Å². The van der Waals surface area contributed by atoms with E-state index in [2.05, 4.69) is 0 Å². The number of methoxy groups -OCH3 is 1. The number of fused-ring (bicyclic) bond motifs is 1. The normalized spacial score (nSPS) is 14.9. The molecule has 3 rings (SSSR count). The summed E-state index contributed by atoms with van der Waals surface area (Å²) in [5, 5.41) is 0.885. The van der Waals surface area contributed by atoms with Gasteiger partial charge in [-0.15, -0.1) is 0 Å². The third-order valence-electron chi connectivity index (χ3n) is 5.34. The fourth-order valence-corrected chi connectivity index (χ4v) is 3.44. The minimum atomic E-state index is -0.473. The van der Waals surface area contributed by atoms with Gasteiger partial charge in [0.1, 0.15) is 5.58 Å². The maximum absolute atomic E-state index is 12.3. The first-order valence-electron chi connectivity index (χ1n) is 9.37. The molecule has 1 aliphatic heterocycles. The Morgan fingerprint density at radius 2 is 1.82 bits per heavy atom. The number of likely N-dealkylation sites (tertiary alicyclic amines) is 1. The first-order valence-corrected chi connectivity index (χ1v) is 9.37. The molecule has 7 heteroatoms. The van der Waals surface area contributed by atoms with Gasteiger partial charge in [0.25, 0.3) is 5.91 Å². The van der Waals surface area contributed by atoms with E-state index in [0.29, 0.717) is 25.9 Å². The van der Waals surface area contributed by atoms with Crippen molar-refractivity contribution in [2.45, 2.75) is 33.1 Å². The number of furan rings is 1. The minimum absolute atomic E-state index is 0.0488. The van der Waals surface area contributed by atoms with Gasteiger partial charge in [-0.1, -0.05) is 0 Å². The molecule has 150 valence electrons. The molecule has 1 aliphatic rings.